The lowest BCUT2D eigenvalue weighted by Gasteiger charge is -2.11. The Kier molecular flexibility index (Phi) is 3.53. The Morgan fingerprint density at radius 2 is 2.11 bits per heavy atom. The predicted octanol–water partition coefficient (Wildman–Crippen LogP) is 2.77. The molecule has 0 bridgehead atoms. The maximum absolute atomic E-state index is 6.09. The minimum atomic E-state index is 0.330. The van der Waals surface area contributed by atoms with Gasteiger partial charge >= 0.3 is 0 Å². The summed E-state index contributed by atoms with van der Waals surface area (Å²) in [5.74, 6) is 0.797. The molecule has 0 aliphatic carbocycles. The molecule has 2 aromatic rings. The van der Waals surface area contributed by atoms with Gasteiger partial charge in [-0.25, -0.2) is 4.98 Å². The number of rotatable bonds is 3. The highest BCUT2D eigenvalue weighted by atomic mass is 35.5. The van der Waals surface area contributed by atoms with E-state index in [4.69, 9.17) is 22.1 Å². The van der Waals surface area contributed by atoms with Gasteiger partial charge in [0, 0.05) is 0 Å². The largest absolute Gasteiger partial charge is 0.479 e. The Balaban J connectivity index is 2.37. The number of methoxy groups -OCH3 is 1. The number of hydrogen-bond donors (Lipinski definition) is 2. The van der Waals surface area contributed by atoms with Crippen molar-refractivity contribution >= 4 is 28.8 Å². The van der Waals surface area contributed by atoms with E-state index >= 15 is 0 Å². The average Bonchev–Trinajstić information content (AvgIpc) is 2.36. The lowest BCUT2D eigenvalue weighted by molar-refractivity contribution is 0.399. The molecular weight excluding hydrogens is 252 g/mol. The van der Waals surface area contributed by atoms with Crippen LogP contribution >= 0.6 is 11.6 Å². The van der Waals surface area contributed by atoms with Crippen LogP contribution in [0.15, 0.2) is 24.5 Å². The number of aromatic nitrogens is 2. The highest BCUT2D eigenvalue weighted by molar-refractivity contribution is 6.33. The molecule has 1 aromatic carbocycles. The van der Waals surface area contributed by atoms with Gasteiger partial charge in [0.25, 0.3) is 0 Å². The molecule has 0 aliphatic rings. The molecule has 1 heterocycles. The first-order valence-corrected chi connectivity index (χ1v) is 5.67. The van der Waals surface area contributed by atoms with Crippen molar-refractivity contribution in [3.8, 4) is 5.88 Å². The zero-order valence-electron chi connectivity index (χ0n) is 10.1. The van der Waals surface area contributed by atoms with Crippen LogP contribution in [-0.4, -0.2) is 17.1 Å². The molecule has 5 nitrogen and oxygen atoms in total. The van der Waals surface area contributed by atoms with Crippen molar-refractivity contribution in [2.75, 3.05) is 18.2 Å². The van der Waals surface area contributed by atoms with Crippen molar-refractivity contribution in [3.63, 3.8) is 0 Å². The fraction of sp³-hybridized carbons (Fsp3) is 0.167. The summed E-state index contributed by atoms with van der Waals surface area (Å²) in [7, 11) is 1.50. The quantitative estimate of drug-likeness (QED) is 0.892. The molecule has 0 aliphatic heterocycles. The van der Waals surface area contributed by atoms with E-state index in [2.05, 4.69) is 15.3 Å². The molecular formula is C12H13ClN4O. The Morgan fingerprint density at radius 1 is 1.33 bits per heavy atom. The molecule has 1 aromatic heterocycles. The van der Waals surface area contributed by atoms with Crippen LogP contribution in [0.1, 0.15) is 5.56 Å². The van der Waals surface area contributed by atoms with Gasteiger partial charge in [-0.15, -0.1) is 0 Å². The highest BCUT2D eigenvalue weighted by Gasteiger charge is 2.10. The van der Waals surface area contributed by atoms with Crippen LogP contribution in [0.2, 0.25) is 5.02 Å². The second-order valence-corrected chi connectivity index (χ2v) is 4.16. The molecule has 0 spiro atoms. The Hall–Kier alpha value is -2.01. The normalized spacial score (nSPS) is 10.2. The summed E-state index contributed by atoms with van der Waals surface area (Å²) in [5.41, 5.74) is 8.04. The number of anilines is 3. The van der Waals surface area contributed by atoms with Crippen molar-refractivity contribution in [1.29, 1.82) is 0 Å². The first kappa shape index (κ1) is 12.4. The van der Waals surface area contributed by atoms with E-state index in [1.807, 2.05) is 25.1 Å². The summed E-state index contributed by atoms with van der Waals surface area (Å²) >= 11 is 6.09. The SMILES string of the molecule is COc1ncnc(Nc2cc(C)ccc2Cl)c1N. The molecule has 0 saturated carbocycles. The number of nitrogens with zero attached hydrogens (tertiary/aromatic N) is 2. The van der Waals surface area contributed by atoms with Crippen LogP contribution in [-0.2, 0) is 0 Å². The van der Waals surface area contributed by atoms with Gasteiger partial charge in [-0.1, -0.05) is 17.7 Å². The summed E-state index contributed by atoms with van der Waals surface area (Å²) in [6.45, 7) is 1.98. The number of nitrogens with one attached hydrogen (secondary N) is 1. The van der Waals surface area contributed by atoms with Crippen LogP contribution < -0.4 is 15.8 Å². The maximum Gasteiger partial charge on any atom is 0.242 e. The van der Waals surface area contributed by atoms with Gasteiger partial charge in [0.05, 0.1) is 17.8 Å². The molecule has 0 fully saturated rings. The number of aryl methyl sites for hydroxylation is 1. The van der Waals surface area contributed by atoms with Crippen molar-refractivity contribution in [2.45, 2.75) is 6.92 Å². The fourth-order valence-corrected chi connectivity index (χ4v) is 1.67. The summed E-state index contributed by atoms with van der Waals surface area (Å²) in [5, 5.41) is 3.66. The Labute approximate surface area is 110 Å². The smallest absolute Gasteiger partial charge is 0.242 e. The van der Waals surface area contributed by atoms with Crippen molar-refractivity contribution in [3.05, 3.63) is 35.1 Å². The second-order valence-electron chi connectivity index (χ2n) is 3.75. The van der Waals surface area contributed by atoms with Gasteiger partial charge < -0.3 is 15.8 Å². The van der Waals surface area contributed by atoms with Gasteiger partial charge in [-0.3, -0.25) is 0 Å². The van der Waals surface area contributed by atoms with E-state index in [-0.39, 0.29) is 0 Å². The Morgan fingerprint density at radius 3 is 2.83 bits per heavy atom. The second kappa shape index (κ2) is 5.10. The van der Waals surface area contributed by atoms with E-state index in [0.29, 0.717) is 22.4 Å². The molecule has 3 N–H and O–H groups in total. The number of nitrogen functional groups attached to an aromatic ring is 1. The summed E-state index contributed by atoms with van der Waals surface area (Å²) < 4.78 is 5.03. The average molecular weight is 265 g/mol. The number of hydrogen-bond acceptors (Lipinski definition) is 5. The minimum Gasteiger partial charge on any atom is -0.479 e. The van der Waals surface area contributed by atoms with Crippen molar-refractivity contribution in [1.82, 2.24) is 9.97 Å². The van der Waals surface area contributed by atoms with E-state index in [1.54, 1.807) is 0 Å². The zero-order chi connectivity index (χ0) is 13.1. The number of nitrogens with two attached hydrogens (primary N) is 1. The van der Waals surface area contributed by atoms with Crippen LogP contribution in [0.4, 0.5) is 17.2 Å². The van der Waals surface area contributed by atoms with E-state index in [0.717, 1.165) is 11.3 Å². The van der Waals surface area contributed by atoms with Crippen LogP contribution in [0.3, 0.4) is 0 Å². The molecule has 0 atom stereocenters. The number of halogens is 1. The minimum absolute atomic E-state index is 0.330. The molecule has 0 radical (unpaired) electrons. The summed E-state index contributed by atoms with van der Waals surface area (Å²) in [6.07, 6.45) is 1.38. The molecule has 6 heteroatoms. The van der Waals surface area contributed by atoms with Crippen LogP contribution in [0.5, 0.6) is 5.88 Å². The third-order valence-electron chi connectivity index (χ3n) is 2.42. The third-order valence-corrected chi connectivity index (χ3v) is 2.75. The molecule has 0 saturated heterocycles. The monoisotopic (exact) mass is 264 g/mol. The third kappa shape index (κ3) is 2.46. The fourth-order valence-electron chi connectivity index (χ4n) is 1.50. The van der Waals surface area contributed by atoms with Crippen molar-refractivity contribution < 1.29 is 4.74 Å². The van der Waals surface area contributed by atoms with Gasteiger partial charge in [0.1, 0.15) is 12.0 Å². The first-order valence-electron chi connectivity index (χ1n) is 5.29. The molecule has 2 rings (SSSR count). The zero-order valence-corrected chi connectivity index (χ0v) is 10.8. The van der Waals surface area contributed by atoms with Gasteiger partial charge in [-0.05, 0) is 24.6 Å². The summed E-state index contributed by atoms with van der Waals surface area (Å²) in [6, 6.07) is 5.65. The standard InChI is InChI=1S/C12H13ClN4O/c1-7-3-4-8(13)9(5-7)17-11-10(14)12(18-2)16-6-15-11/h3-6H,14H2,1-2H3,(H,15,16,17). The maximum atomic E-state index is 6.09. The number of ether oxygens (including phenoxy) is 1. The van der Waals surface area contributed by atoms with Crippen molar-refractivity contribution in [2.24, 2.45) is 0 Å². The molecule has 18 heavy (non-hydrogen) atoms. The lowest BCUT2D eigenvalue weighted by atomic mass is 10.2. The van der Waals surface area contributed by atoms with Gasteiger partial charge in [-0.2, -0.15) is 4.98 Å². The van der Waals surface area contributed by atoms with Crippen LogP contribution in [0.25, 0.3) is 0 Å². The molecule has 0 amide bonds. The lowest BCUT2D eigenvalue weighted by Crippen LogP contribution is -2.03. The number of benzene rings is 1. The van der Waals surface area contributed by atoms with E-state index in [1.165, 1.54) is 13.4 Å². The van der Waals surface area contributed by atoms with Gasteiger partial charge in [0.2, 0.25) is 5.88 Å². The highest BCUT2D eigenvalue weighted by Crippen LogP contribution is 2.30. The summed E-state index contributed by atoms with van der Waals surface area (Å²) in [4.78, 5) is 7.97. The molecule has 0 unspecified atom stereocenters. The van der Waals surface area contributed by atoms with Crippen LogP contribution in [0, 0.1) is 6.92 Å². The van der Waals surface area contributed by atoms with E-state index in [9.17, 15) is 0 Å². The topological polar surface area (TPSA) is 73.1 Å². The van der Waals surface area contributed by atoms with Gasteiger partial charge in [0.15, 0.2) is 5.82 Å². The van der Waals surface area contributed by atoms with E-state index < -0.39 is 0 Å². The Bertz CT molecular complexity index is 574. The molecule has 94 valence electrons. The predicted molar refractivity (Wildman–Crippen MR) is 72.5 cm³/mol. The first-order chi connectivity index (χ1) is 8.61.